The SMILES string of the molecule is COC(=O)[C@@H]1C(C)[C@@H]2CCCCC[C@]12O[Si](C)(C)C(C)(C)C. The van der Waals surface area contributed by atoms with Crippen LogP contribution in [-0.2, 0) is 14.0 Å². The monoisotopic (exact) mass is 326 g/mol. The number of esters is 1. The van der Waals surface area contributed by atoms with Gasteiger partial charge in [-0.25, -0.2) is 0 Å². The number of hydrogen-bond donors (Lipinski definition) is 0. The summed E-state index contributed by atoms with van der Waals surface area (Å²) in [4.78, 5) is 12.4. The highest BCUT2D eigenvalue weighted by Gasteiger charge is 2.66. The van der Waals surface area contributed by atoms with Crippen molar-refractivity contribution in [1.29, 1.82) is 0 Å². The van der Waals surface area contributed by atoms with Crippen LogP contribution in [0.4, 0.5) is 0 Å². The van der Waals surface area contributed by atoms with E-state index in [1.165, 1.54) is 32.8 Å². The summed E-state index contributed by atoms with van der Waals surface area (Å²) < 4.78 is 12.1. The molecule has 0 aliphatic heterocycles. The van der Waals surface area contributed by atoms with Gasteiger partial charge in [-0.3, -0.25) is 4.79 Å². The number of fused-ring (bicyclic) bond motifs is 1. The molecule has 22 heavy (non-hydrogen) atoms. The molecule has 2 fully saturated rings. The van der Waals surface area contributed by atoms with Crippen LogP contribution in [0.2, 0.25) is 18.1 Å². The molecule has 0 saturated heterocycles. The van der Waals surface area contributed by atoms with E-state index >= 15 is 0 Å². The average molecular weight is 327 g/mol. The first kappa shape index (κ1) is 18.0. The third kappa shape index (κ3) is 2.77. The summed E-state index contributed by atoms with van der Waals surface area (Å²) in [6.45, 7) is 13.7. The van der Waals surface area contributed by atoms with E-state index in [1.54, 1.807) is 0 Å². The normalized spacial score (nSPS) is 36.0. The van der Waals surface area contributed by atoms with Crippen LogP contribution in [0.1, 0.15) is 59.8 Å². The first-order valence-electron chi connectivity index (χ1n) is 8.85. The molecular formula is C18H34O3Si. The van der Waals surface area contributed by atoms with Gasteiger partial charge in [0.25, 0.3) is 0 Å². The van der Waals surface area contributed by atoms with Crippen molar-refractivity contribution in [3.05, 3.63) is 0 Å². The van der Waals surface area contributed by atoms with Crippen molar-refractivity contribution in [3.8, 4) is 0 Å². The van der Waals surface area contributed by atoms with Crippen molar-refractivity contribution in [2.24, 2.45) is 17.8 Å². The van der Waals surface area contributed by atoms with Crippen molar-refractivity contribution >= 4 is 14.3 Å². The summed E-state index contributed by atoms with van der Waals surface area (Å²) in [7, 11) is -0.402. The van der Waals surface area contributed by atoms with Gasteiger partial charge < -0.3 is 9.16 Å². The number of carbonyl (C=O) groups is 1. The topological polar surface area (TPSA) is 35.5 Å². The van der Waals surface area contributed by atoms with E-state index in [4.69, 9.17) is 9.16 Å². The quantitative estimate of drug-likeness (QED) is 0.554. The largest absolute Gasteiger partial charge is 0.469 e. The molecule has 0 heterocycles. The van der Waals surface area contributed by atoms with Crippen LogP contribution in [0, 0.1) is 17.8 Å². The van der Waals surface area contributed by atoms with Gasteiger partial charge in [0, 0.05) is 0 Å². The van der Waals surface area contributed by atoms with E-state index in [9.17, 15) is 4.79 Å². The van der Waals surface area contributed by atoms with E-state index in [0.29, 0.717) is 11.8 Å². The van der Waals surface area contributed by atoms with Crippen molar-refractivity contribution in [1.82, 2.24) is 0 Å². The van der Waals surface area contributed by atoms with Crippen LogP contribution in [-0.4, -0.2) is 27.0 Å². The van der Waals surface area contributed by atoms with Crippen LogP contribution in [0.5, 0.6) is 0 Å². The van der Waals surface area contributed by atoms with Crippen LogP contribution in [0.25, 0.3) is 0 Å². The van der Waals surface area contributed by atoms with Crippen LogP contribution < -0.4 is 0 Å². The van der Waals surface area contributed by atoms with Crippen molar-refractivity contribution in [3.63, 3.8) is 0 Å². The summed E-state index contributed by atoms with van der Waals surface area (Å²) >= 11 is 0. The number of hydrogen-bond acceptors (Lipinski definition) is 3. The molecule has 128 valence electrons. The zero-order chi connectivity index (χ0) is 16.8. The van der Waals surface area contributed by atoms with Gasteiger partial charge in [0.2, 0.25) is 0 Å². The van der Waals surface area contributed by atoms with E-state index in [0.717, 1.165) is 6.42 Å². The van der Waals surface area contributed by atoms with Crippen LogP contribution in [0.15, 0.2) is 0 Å². The van der Waals surface area contributed by atoms with E-state index < -0.39 is 8.32 Å². The lowest BCUT2D eigenvalue weighted by molar-refractivity contribution is -0.206. The Balaban J connectivity index is 2.36. The second-order valence-electron chi connectivity index (χ2n) is 8.88. The van der Waals surface area contributed by atoms with Crippen LogP contribution >= 0.6 is 0 Å². The maximum Gasteiger partial charge on any atom is 0.311 e. The number of ether oxygens (including phenoxy) is 1. The Morgan fingerprint density at radius 1 is 1.18 bits per heavy atom. The van der Waals surface area contributed by atoms with Gasteiger partial charge in [-0.2, -0.15) is 0 Å². The Kier molecular flexibility index (Phi) is 4.85. The molecular weight excluding hydrogens is 292 g/mol. The zero-order valence-corrected chi connectivity index (χ0v) is 16.5. The third-order valence-electron chi connectivity index (χ3n) is 6.60. The molecule has 0 amide bonds. The molecule has 4 atom stereocenters. The Hall–Kier alpha value is -0.353. The lowest BCUT2D eigenvalue weighted by Crippen LogP contribution is -2.69. The average Bonchev–Trinajstić information content (AvgIpc) is 2.56. The molecule has 0 aromatic rings. The van der Waals surface area contributed by atoms with E-state index in [1.807, 2.05) is 0 Å². The van der Waals surface area contributed by atoms with Gasteiger partial charge in [-0.15, -0.1) is 0 Å². The standard InChI is InChI=1S/C18H34O3Si/c1-13-14-11-9-8-10-12-18(14,15(13)16(19)20-5)21-22(6,7)17(2,3)4/h13-15H,8-12H2,1-7H3/t13?,14-,15-,18+/m0/s1. The predicted octanol–water partition coefficient (Wildman–Crippen LogP) is 4.77. The number of carbonyl (C=O) groups excluding carboxylic acids is 1. The summed E-state index contributed by atoms with van der Waals surface area (Å²) in [6.07, 6.45) is 5.92. The molecule has 0 radical (unpaired) electrons. The molecule has 0 bridgehead atoms. The second kappa shape index (κ2) is 5.93. The molecule has 2 saturated carbocycles. The van der Waals surface area contributed by atoms with E-state index in [-0.39, 0.29) is 22.5 Å². The molecule has 3 nitrogen and oxygen atoms in total. The van der Waals surface area contributed by atoms with E-state index in [2.05, 4.69) is 40.8 Å². The highest BCUT2D eigenvalue weighted by atomic mass is 28.4. The maximum atomic E-state index is 12.4. The highest BCUT2D eigenvalue weighted by molar-refractivity contribution is 6.74. The summed E-state index contributed by atoms with van der Waals surface area (Å²) in [5.41, 5.74) is -0.258. The Morgan fingerprint density at radius 2 is 1.82 bits per heavy atom. The van der Waals surface area contributed by atoms with Crippen LogP contribution in [0.3, 0.4) is 0 Å². The van der Waals surface area contributed by atoms with Gasteiger partial charge in [-0.1, -0.05) is 47.0 Å². The maximum absolute atomic E-state index is 12.4. The van der Waals surface area contributed by atoms with Crippen molar-refractivity contribution < 1.29 is 14.0 Å². The molecule has 4 heteroatoms. The molecule has 1 unspecified atom stereocenters. The molecule has 0 aromatic carbocycles. The van der Waals surface area contributed by atoms with Gasteiger partial charge in [-0.05, 0) is 42.8 Å². The lowest BCUT2D eigenvalue weighted by atomic mass is 9.52. The second-order valence-corrected chi connectivity index (χ2v) is 13.6. The predicted molar refractivity (Wildman–Crippen MR) is 92.3 cm³/mol. The third-order valence-corrected chi connectivity index (χ3v) is 11.1. The minimum atomic E-state index is -1.92. The molecule has 2 aliphatic rings. The van der Waals surface area contributed by atoms with Gasteiger partial charge in [0.1, 0.15) is 0 Å². The van der Waals surface area contributed by atoms with Gasteiger partial charge in [0.05, 0.1) is 18.6 Å². The Bertz CT molecular complexity index is 427. The minimum Gasteiger partial charge on any atom is -0.469 e. The number of methoxy groups -OCH3 is 1. The smallest absolute Gasteiger partial charge is 0.311 e. The summed E-state index contributed by atoms with van der Waals surface area (Å²) in [5, 5.41) is 0.165. The molecule has 2 aliphatic carbocycles. The minimum absolute atomic E-state index is 0.0654. The molecule has 0 spiro atoms. The molecule has 0 aromatic heterocycles. The van der Waals surface area contributed by atoms with Crippen molar-refractivity contribution in [2.45, 2.75) is 83.5 Å². The first-order chi connectivity index (χ1) is 10.1. The van der Waals surface area contributed by atoms with Gasteiger partial charge >= 0.3 is 5.97 Å². The summed E-state index contributed by atoms with van der Waals surface area (Å²) in [6, 6.07) is 0. The number of rotatable bonds is 3. The van der Waals surface area contributed by atoms with Gasteiger partial charge in [0.15, 0.2) is 8.32 Å². The Labute approximate surface area is 137 Å². The highest BCUT2D eigenvalue weighted by Crippen LogP contribution is 2.60. The fraction of sp³-hybridized carbons (Fsp3) is 0.944. The zero-order valence-electron chi connectivity index (χ0n) is 15.5. The fourth-order valence-corrected chi connectivity index (χ4v) is 6.02. The van der Waals surface area contributed by atoms with Crippen molar-refractivity contribution in [2.75, 3.05) is 7.11 Å². The summed E-state index contributed by atoms with van der Waals surface area (Å²) in [5.74, 6) is 0.766. The lowest BCUT2D eigenvalue weighted by Gasteiger charge is -2.62. The first-order valence-corrected chi connectivity index (χ1v) is 11.8. The fourth-order valence-electron chi connectivity index (χ4n) is 4.38. The Morgan fingerprint density at radius 3 is 2.36 bits per heavy atom. The molecule has 0 N–H and O–H groups in total. The molecule has 2 rings (SSSR count).